The van der Waals surface area contributed by atoms with Gasteiger partial charge in [-0.2, -0.15) is 10.5 Å². The van der Waals surface area contributed by atoms with E-state index in [0.29, 0.717) is 41.1 Å². The summed E-state index contributed by atoms with van der Waals surface area (Å²) in [5.74, 6) is 0.238. The summed E-state index contributed by atoms with van der Waals surface area (Å²) in [5, 5.41) is 24.1. The highest BCUT2D eigenvalue weighted by molar-refractivity contribution is 6.13. The molecule has 4 rings (SSSR count). The summed E-state index contributed by atoms with van der Waals surface area (Å²) < 4.78 is 11.1. The molecule has 0 aliphatic carbocycles. The van der Waals surface area contributed by atoms with E-state index >= 15 is 0 Å². The number of nitrogens with zero attached hydrogens (tertiary/aromatic N) is 2. The van der Waals surface area contributed by atoms with Crippen LogP contribution in [0.25, 0.3) is 32.7 Å². The van der Waals surface area contributed by atoms with Crippen molar-refractivity contribution in [3.05, 3.63) is 102 Å². The van der Waals surface area contributed by atoms with Crippen LogP contribution in [-0.4, -0.2) is 19.2 Å². The molecule has 0 bridgehead atoms. The average Bonchev–Trinajstić information content (AvgIpc) is 2.91. The van der Waals surface area contributed by atoms with Gasteiger partial charge in [0.1, 0.15) is 17.9 Å². The molecule has 4 aromatic rings. The summed E-state index contributed by atoms with van der Waals surface area (Å²) in [6.07, 6.45) is 0.525. The zero-order chi connectivity index (χ0) is 26.4. The van der Waals surface area contributed by atoms with E-state index in [4.69, 9.17) is 9.47 Å². The number of hydrogen-bond donors (Lipinski definition) is 0. The van der Waals surface area contributed by atoms with Crippen molar-refractivity contribution in [1.29, 1.82) is 10.5 Å². The van der Waals surface area contributed by atoms with Crippen molar-refractivity contribution < 1.29 is 14.3 Å². The summed E-state index contributed by atoms with van der Waals surface area (Å²) in [7, 11) is 0. The van der Waals surface area contributed by atoms with E-state index in [1.54, 1.807) is 6.92 Å². The zero-order valence-electron chi connectivity index (χ0n) is 20.9. The van der Waals surface area contributed by atoms with Crippen LogP contribution in [0.5, 0.6) is 5.75 Å². The molecule has 0 spiro atoms. The Balaban J connectivity index is 1.72. The van der Waals surface area contributed by atoms with Gasteiger partial charge in [0.2, 0.25) is 0 Å². The van der Waals surface area contributed by atoms with E-state index in [1.807, 2.05) is 79.7 Å². The SMILES string of the molecule is C=C(C)C(=O)OCCCOc1cccc2c(/C(C#N)=C(\C#N)c3cccc4c(C)cccc34)cccc12. The second-order valence-corrected chi connectivity index (χ2v) is 8.72. The van der Waals surface area contributed by atoms with E-state index in [1.165, 1.54) is 0 Å². The maximum absolute atomic E-state index is 11.5. The van der Waals surface area contributed by atoms with Gasteiger partial charge in [0, 0.05) is 28.5 Å². The first-order valence-electron chi connectivity index (χ1n) is 12.0. The molecule has 37 heavy (non-hydrogen) atoms. The van der Waals surface area contributed by atoms with Crippen LogP contribution in [0.15, 0.2) is 84.9 Å². The van der Waals surface area contributed by atoms with Crippen molar-refractivity contribution in [1.82, 2.24) is 0 Å². The van der Waals surface area contributed by atoms with Crippen molar-refractivity contribution in [2.75, 3.05) is 13.2 Å². The third-order valence-corrected chi connectivity index (χ3v) is 6.16. The molecule has 0 aliphatic heterocycles. The molecule has 0 saturated heterocycles. The van der Waals surface area contributed by atoms with Gasteiger partial charge in [-0.25, -0.2) is 4.79 Å². The van der Waals surface area contributed by atoms with Gasteiger partial charge >= 0.3 is 5.97 Å². The molecule has 0 amide bonds. The molecule has 4 aromatic carbocycles. The van der Waals surface area contributed by atoms with Crippen LogP contribution in [0.2, 0.25) is 0 Å². The first kappa shape index (κ1) is 25.2. The Hall–Kier alpha value is -4.87. The Morgan fingerprint density at radius 2 is 1.32 bits per heavy atom. The number of carbonyl (C=O) groups excluding carboxylic acids is 1. The normalized spacial score (nSPS) is 11.4. The number of allylic oxidation sites excluding steroid dienone is 2. The molecule has 0 saturated carbocycles. The summed E-state index contributed by atoms with van der Waals surface area (Å²) in [6.45, 7) is 7.80. The number of rotatable bonds is 8. The van der Waals surface area contributed by atoms with Gasteiger partial charge in [0.25, 0.3) is 0 Å². The minimum atomic E-state index is -0.416. The summed E-state index contributed by atoms with van der Waals surface area (Å²) >= 11 is 0. The lowest BCUT2D eigenvalue weighted by atomic mass is 9.89. The fraction of sp³-hybridized carbons (Fsp3) is 0.156. The van der Waals surface area contributed by atoms with Crippen LogP contribution < -0.4 is 4.74 Å². The van der Waals surface area contributed by atoms with Gasteiger partial charge < -0.3 is 9.47 Å². The lowest BCUT2D eigenvalue weighted by molar-refractivity contribution is -0.139. The Bertz CT molecular complexity index is 1630. The van der Waals surface area contributed by atoms with Crippen LogP contribution in [0.4, 0.5) is 0 Å². The lowest BCUT2D eigenvalue weighted by Gasteiger charge is -2.13. The first-order chi connectivity index (χ1) is 18.0. The number of carbonyl (C=O) groups is 1. The second kappa shape index (κ2) is 11.2. The number of ether oxygens (including phenoxy) is 2. The Morgan fingerprint density at radius 3 is 1.95 bits per heavy atom. The van der Waals surface area contributed by atoms with Crippen molar-refractivity contribution in [3.8, 4) is 17.9 Å². The minimum Gasteiger partial charge on any atom is -0.493 e. The van der Waals surface area contributed by atoms with Crippen LogP contribution in [0.1, 0.15) is 30.0 Å². The Kier molecular flexibility index (Phi) is 7.67. The van der Waals surface area contributed by atoms with Crippen LogP contribution in [-0.2, 0) is 9.53 Å². The average molecular weight is 487 g/mol. The fourth-order valence-corrected chi connectivity index (χ4v) is 4.34. The number of fused-ring (bicyclic) bond motifs is 2. The third-order valence-electron chi connectivity index (χ3n) is 6.16. The van der Waals surface area contributed by atoms with E-state index in [0.717, 1.165) is 32.7 Å². The number of benzene rings is 4. The topological polar surface area (TPSA) is 83.1 Å². The number of esters is 1. The highest BCUT2D eigenvalue weighted by Gasteiger charge is 2.17. The largest absolute Gasteiger partial charge is 0.493 e. The standard InChI is InChI=1S/C32H26N2O3/c1-21(2)32(35)37-18-8-17-36-31-16-7-14-25-27(13-6-15-28(25)31)30(20-34)29(19-33)26-12-5-10-23-22(3)9-4-11-24(23)26/h4-7,9-16H,1,8,17-18H2,2-3H3/b30-29+. The molecule has 0 radical (unpaired) electrons. The molecular weight excluding hydrogens is 460 g/mol. The van der Waals surface area contributed by atoms with Crippen molar-refractivity contribution in [3.63, 3.8) is 0 Å². The smallest absolute Gasteiger partial charge is 0.333 e. The first-order valence-corrected chi connectivity index (χ1v) is 12.0. The molecule has 0 unspecified atom stereocenters. The van der Waals surface area contributed by atoms with E-state index in [2.05, 4.69) is 18.7 Å². The summed E-state index contributed by atoms with van der Waals surface area (Å²) in [4.78, 5) is 11.5. The van der Waals surface area contributed by atoms with Crippen LogP contribution >= 0.6 is 0 Å². The lowest BCUT2D eigenvalue weighted by Crippen LogP contribution is -2.09. The molecule has 5 heteroatoms. The zero-order valence-corrected chi connectivity index (χ0v) is 20.9. The number of hydrogen-bond acceptors (Lipinski definition) is 5. The molecule has 0 atom stereocenters. The third kappa shape index (κ3) is 5.22. The number of nitriles is 2. The fourth-order valence-electron chi connectivity index (χ4n) is 4.34. The Morgan fingerprint density at radius 1 is 0.784 bits per heavy atom. The van der Waals surface area contributed by atoms with Gasteiger partial charge in [-0.3, -0.25) is 0 Å². The molecule has 0 aromatic heterocycles. The second-order valence-electron chi connectivity index (χ2n) is 8.72. The maximum atomic E-state index is 11.5. The monoisotopic (exact) mass is 486 g/mol. The quantitative estimate of drug-likeness (QED) is 0.0868. The van der Waals surface area contributed by atoms with Gasteiger partial charge in [0.05, 0.1) is 24.4 Å². The molecule has 5 nitrogen and oxygen atoms in total. The van der Waals surface area contributed by atoms with Gasteiger partial charge in [-0.1, -0.05) is 73.3 Å². The maximum Gasteiger partial charge on any atom is 0.333 e. The van der Waals surface area contributed by atoms with Gasteiger partial charge in [-0.05, 0) is 41.6 Å². The molecule has 0 N–H and O–H groups in total. The highest BCUT2D eigenvalue weighted by atomic mass is 16.5. The van der Waals surface area contributed by atoms with Crippen LogP contribution in [0, 0.1) is 29.6 Å². The van der Waals surface area contributed by atoms with E-state index in [-0.39, 0.29) is 6.61 Å². The van der Waals surface area contributed by atoms with Crippen molar-refractivity contribution in [2.45, 2.75) is 20.3 Å². The van der Waals surface area contributed by atoms with Gasteiger partial charge in [0.15, 0.2) is 0 Å². The number of aryl methyl sites for hydroxylation is 1. The van der Waals surface area contributed by atoms with Crippen molar-refractivity contribution in [2.24, 2.45) is 0 Å². The van der Waals surface area contributed by atoms with Crippen LogP contribution in [0.3, 0.4) is 0 Å². The molecule has 0 fully saturated rings. The molecular formula is C32H26N2O3. The summed E-state index contributed by atoms with van der Waals surface area (Å²) in [6, 6.07) is 27.7. The predicted octanol–water partition coefficient (Wildman–Crippen LogP) is 7.15. The molecule has 0 heterocycles. The molecule has 182 valence electrons. The summed E-state index contributed by atoms with van der Waals surface area (Å²) in [5.41, 5.74) is 3.51. The van der Waals surface area contributed by atoms with E-state index in [9.17, 15) is 15.3 Å². The highest BCUT2D eigenvalue weighted by Crippen LogP contribution is 2.36. The van der Waals surface area contributed by atoms with Gasteiger partial charge in [-0.15, -0.1) is 0 Å². The Labute approximate surface area is 216 Å². The minimum absolute atomic E-state index is 0.235. The van der Waals surface area contributed by atoms with E-state index < -0.39 is 5.97 Å². The predicted molar refractivity (Wildman–Crippen MR) is 147 cm³/mol. The van der Waals surface area contributed by atoms with Crippen molar-refractivity contribution >= 4 is 38.7 Å². The molecule has 0 aliphatic rings.